The van der Waals surface area contributed by atoms with E-state index in [-0.39, 0.29) is 0 Å². The minimum absolute atomic E-state index is 0.839. The van der Waals surface area contributed by atoms with Gasteiger partial charge in [0.1, 0.15) is 6.33 Å². The zero-order valence-corrected chi connectivity index (χ0v) is 34.3. The van der Waals surface area contributed by atoms with E-state index in [9.17, 15) is 0 Å². The molecule has 0 saturated heterocycles. The van der Waals surface area contributed by atoms with Crippen LogP contribution in [0, 0.1) is 0 Å². The smallest absolute Gasteiger partial charge is 0.116 e. The topological polar surface area (TPSA) is 34.0 Å². The molecular formula is C56H40N4S. The average molecular weight is 801 g/mol. The summed E-state index contributed by atoms with van der Waals surface area (Å²) in [6.07, 6.45) is 18.5. The quantitative estimate of drug-likeness (QED) is 0.143. The van der Waals surface area contributed by atoms with Crippen molar-refractivity contribution < 1.29 is 0 Å². The molecule has 1 aliphatic heterocycles. The van der Waals surface area contributed by atoms with Crippen molar-refractivity contribution in [3.63, 3.8) is 0 Å². The maximum Gasteiger partial charge on any atom is 0.116 e. The van der Waals surface area contributed by atoms with E-state index in [2.05, 4.69) is 203 Å². The van der Waals surface area contributed by atoms with E-state index in [4.69, 9.17) is 4.98 Å². The van der Waals surface area contributed by atoms with Crippen LogP contribution >= 0.6 is 11.8 Å². The van der Waals surface area contributed by atoms with Crippen LogP contribution in [-0.2, 0) is 0 Å². The van der Waals surface area contributed by atoms with Crippen molar-refractivity contribution in [2.24, 2.45) is 0 Å². The van der Waals surface area contributed by atoms with E-state index < -0.39 is 0 Å². The fourth-order valence-corrected chi connectivity index (χ4v) is 9.94. The number of para-hydroxylation sites is 3. The van der Waals surface area contributed by atoms with Crippen molar-refractivity contribution in [3.8, 4) is 28.1 Å². The van der Waals surface area contributed by atoms with E-state index in [1.165, 1.54) is 59.4 Å². The van der Waals surface area contributed by atoms with E-state index >= 15 is 0 Å². The summed E-state index contributed by atoms with van der Waals surface area (Å²) in [7, 11) is 0. The van der Waals surface area contributed by atoms with Crippen LogP contribution in [0.25, 0.3) is 66.7 Å². The summed E-state index contributed by atoms with van der Waals surface area (Å²) in [6, 6.07) is 57.2. The van der Waals surface area contributed by atoms with Gasteiger partial charge in [0, 0.05) is 43.1 Å². The number of benzene rings is 7. The molecule has 0 bridgehead atoms. The van der Waals surface area contributed by atoms with E-state index in [1.54, 1.807) is 6.33 Å². The number of nitrogens with zero attached hydrogens (tertiary/aromatic N) is 4. The third kappa shape index (κ3) is 6.60. The molecule has 0 fully saturated rings. The number of hydrogen-bond donors (Lipinski definition) is 0. The van der Waals surface area contributed by atoms with Gasteiger partial charge < -0.3 is 9.47 Å². The molecule has 9 aromatic rings. The minimum Gasteiger partial charge on any atom is -0.309 e. The lowest BCUT2D eigenvalue weighted by molar-refractivity contribution is 1.02. The molecule has 4 nitrogen and oxygen atoms in total. The average Bonchev–Trinajstić information content (AvgIpc) is 3.68. The lowest BCUT2D eigenvalue weighted by atomic mass is 9.99. The summed E-state index contributed by atoms with van der Waals surface area (Å²) in [5, 5.41) is 4.92. The van der Waals surface area contributed by atoms with Gasteiger partial charge in [-0.15, -0.1) is 0 Å². The molecule has 0 saturated carbocycles. The first kappa shape index (κ1) is 36.6. The third-order valence-corrected chi connectivity index (χ3v) is 12.8. The van der Waals surface area contributed by atoms with Gasteiger partial charge in [-0.2, -0.15) is 0 Å². The molecule has 1 aliphatic carbocycles. The van der Waals surface area contributed by atoms with Crippen molar-refractivity contribution in [2.75, 3.05) is 4.90 Å². The molecule has 290 valence electrons. The first-order valence-corrected chi connectivity index (χ1v) is 21.6. The van der Waals surface area contributed by atoms with E-state index in [0.29, 0.717) is 0 Å². The summed E-state index contributed by atoms with van der Waals surface area (Å²) < 4.78 is 2.45. The van der Waals surface area contributed by atoms with Crippen LogP contribution in [0.1, 0.15) is 18.5 Å². The number of aromatic nitrogens is 3. The Bertz CT molecular complexity index is 3310. The highest BCUT2D eigenvalue weighted by Crippen LogP contribution is 2.53. The Morgan fingerprint density at radius 3 is 2.38 bits per heavy atom. The zero-order chi connectivity index (χ0) is 40.7. The molecule has 0 unspecified atom stereocenters. The predicted octanol–water partition coefficient (Wildman–Crippen LogP) is 15.4. The Kier molecular flexibility index (Phi) is 9.37. The molecule has 0 amide bonds. The van der Waals surface area contributed by atoms with Gasteiger partial charge in [-0.05, 0) is 107 Å². The fraction of sp³-hybridized carbons (Fsp3) is 0.0357. The van der Waals surface area contributed by atoms with Crippen molar-refractivity contribution in [3.05, 3.63) is 224 Å². The van der Waals surface area contributed by atoms with Gasteiger partial charge in [-0.25, -0.2) is 9.97 Å². The first-order valence-electron chi connectivity index (χ1n) is 20.7. The van der Waals surface area contributed by atoms with Crippen molar-refractivity contribution in [2.45, 2.75) is 22.6 Å². The van der Waals surface area contributed by atoms with Gasteiger partial charge in [0.15, 0.2) is 0 Å². The fourth-order valence-electron chi connectivity index (χ4n) is 8.90. The molecule has 0 spiro atoms. The zero-order valence-electron chi connectivity index (χ0n) is 33.4. The van der Waals surface area contributed by atoms with Gasteiger partial charge >= 0.3 is 0 Å². The number of rotatable bonds is 8. The van der Waals surface area contributed by atoms with Crippen LogP contribution in [0.5, 0.6) is 0 Å². The molecule has 0 N–H and O–H groups in total. The van der Waals surface area contributed by atoms with Gasteiger partial charge in [0.2, 0.25) is 0 Å². The molecule has 2 aromatic heterocycles. The van der Waals surface area contributed by atoms with E-state index in [0.717, 1.165) is 57.8 Å². The molecule has 11 rings (SSSR count). The molecule has 0 radical (unpaired) electrons. The second-order valence-corrected chi connectivity index (χ2v) is 16.4. The van der Waals surface area contributed by atoms with E-state index in [1.807, 2.05) is 30.0 Å². The molecule has 7 aromatic carbocycles. The number of allylic oxidation sites excluding steroid dienone is 8. The number of hydrogen-bond acceptors (Lipinski definition) is 4. The molecule has 5 heteroatoms. The van der Waals surface area contributed by atoms with Gasteiger partial charge in [0.25, 0.3) is 0 Å². The first-order chi connectivity index (χ1) is 30.2. The third-order valence-electron chi connectivity index (χ3n) is 11.7. The lowest BCUT2D eigenvalue weighted by Gasteiger charge is -2.33. The number of fused-ring (bicyclic) bond motifs is 7. The van der Waals surface area contributed by atoms with Crippen molar-refractivity contribution in [1.29, 1.82) is 0 Å². The summed E-state index contributed by atoms with van der Waals surface area (Å²) in [4.78, 5) is 14.3. The maximum atomic E-state index is 4.77. The number of anilines is 3. The summed E-state index contributed by atoms with van der Waals surface area (Å²) >= 11 is 1.83. The second-order valence-electron chi connectivity index (χ2n) is 15.3. The van der Waals surface area contributed by atoms with Gasteiger partial charge in [-0.1, -0.05) is 152 Å². The maximum absolute atomic E-state index is 4.77. The summed E-state index contributed by atoms with van der Waals surface area (Å²) in [5.74, 6) is 0. The Hall–Kier alpha value is -7.47. The molecule has 2 aliphatic rings. The highest BCUT2D eigenvalue weighted by atomic mass is 32.2. The van der Waals surface area contributed by atoms with Crippen LogP contribution in [-0.4, -0.2) is 14.5 Å². The standard InChI is InChI=1S/C56H40N4S/c1-2-38(39-16-5-3-6-17-39)19-13-21-43-36-49(58-37-57-43)42-20-14-24-45(34-42)60-51-32-30-40-18-9-10-25-46(40)55(51)48-27-15-26-47(56(48)60)41-31-33-54-52(35-41)59(44-22-7-4-8-23-44)50-28-11-12-29-53(50)61-54/h2,4-5,7-37H,1,3,6H2/b21-13+,38-19+. The van der Waals surface area contributed by atoms with Crippen LogP contribution in [0.4, 0.5) is 17.1 Å². The normalized spacial score (nSPS) is 13.8. The van der Waals surface area contributed by atoms with Crippen molar-refractivity contribution >= 4 is 67.5 Å². The Morgan fingerprint density at radius 2 is 1.48 bits per heavy atom. The molecule has 0 atom stereocenters. The van der Waals surface area contributed by atoms with Crippen LogP contribution < -0.4 is 4.90 Å². The summed E-state index contributed by atoms with van der Waals surface area (Å²) in [5.41, 5.74) is 14.2. The van der Waals surface area contributed by atoms with Crippen LogP contribution in [0.2, 0.25) is 0 Å². The minimum atomic E-state index is 0.839. The molecular weight excluding hydrogens is 761 g/mol. The molecule has 3 heterocycles. The van der Waals surface area contributed by atoms with Gasteiger partial charge in [-0.3, -0.25) is 0 Å². The lowest BCUT2D eigenvalue weighted by Crippen LogP contribution is -2.14. The summed E-state index contributed by atoms with van der Waals surface area (Å²) in [6.45, 7) is 4.05. The monoisotopic (exact) mass is 800 g/mol. The highest BCUT2D eigenvalue weighted by Gasteiger charge is 2.26. The Labute approximate surface area is 359 Å². The largest absolute Gasteiger partial charge is 0.309 e. The highest BCUT2D eigenvalue weighted by molar-refractivity contribution is 7.99. The van der Waals surface area contributed by atoms with Crippen molar-refractivity contribution in [1.82, 2.24) is 14.5 Å². The second kappa shape index (κ2) is 15.6. The SMILES string of the molecule is C=C/C(=C\C=C\c1cc(-c2cccc(-n3c4ccc5ccccc5c4c4cccc(-c5ccc6c(c5)N(c5ccccc5)c5ccccc5S6)c43)c2)ncn1)C1=CCCC=C1. The van der Waals surface area contributed by atoms with Crippen LogP contribution in [0.3, 0.4) is 0 Å². The Balaban J connectivity index is 1.06. The van der Waals surface area contributed by atoms with Gasteiger partial charge in [0.05, 0.1) is 33.8 Å². The molecule has 61 heavy (non-hydrogen) atoms. The van der Waals surface area contributed by atoms with Crippen LogP contribution in [0.15, 0.2) is 228 Å². The predicted molar refractivity (Wildman–Crippen MR) is 257 cm³/mol. The Morgan fingerprint density at radius 1 is 0.656 bits per heavy atom.